The van der Waals surface area contributed by atoms with E-state index >= 15 is 0 Å². The minimum atomic E-state index is -0.833. The Morgan fingerprint density at radius 3 is 1.62 bits per heavy atom. The van der Waals surface area contributed by atoms with Gasteiger partial charge >= 0.3 is 0 Å². The number of thiocarbonyl (C=S) groups is 1. The van der Waals surface area contributed by atoms with Gasteiger partial charge in [0.2, 0.25) is 0 Å². The van der Waals surface area contributed by atoms with Crippen molar-refractivity contribution in [3.8, 4) is 0 Å². The van der Waals surface area contributed by atoms with Gasteiger partial charge in [0.1, 0.15) is 0 Å². The maximum Gasteiger partial charge on any atom is 0.300 e. The second-order valence-electron chi connectivity index (χ2n) is 0.921. The van der Waals surface area contributed by atoms with E-state index in [4.69, 9.17) is 9.90 Å². The first-order valence-electron chi connectivity index (χ1n) is 1.71. The van der Waals surface area contributed by atoms with Crippen LogP contribution in [0.1, 0.15) is 6.92 Å². The molecule has 0 amide bonds. The van der Waals surface area contributed by atoms with E-state index in [-0.39, 0.29) is 5.11 Å². The number of hydrogen-bond acceptors (Lipinski definition) is 2. The van der Waals surface area contributed by atoms with Crippen LogP contribution in [0.15, 0.2) is 0 Å². The monoisotopic (exact) mass is 136 g/mol. The summed E-state index contributed by atoms with van der Waals surface area (Å²) < 4.78 is 0. The highest BCUT2D eigenvalue weighted by Crippen LogP contribution is 1.42. The highest BCUT2D eigenvalue weighted by molar-refractivity contribution is 7.80. The fourth-order valence-electron chi connectivity index (χ4n) is 0. The Morgan fingerprint density at radius 2 is 1.62 bits per heavy atom. The topological polar surface area (TPSA) is 89.3 Å². The Bertz CT molecular complexity index is 73.3. The van der Waals surface area contributed by atoms with Gasteiger partial charge in [-0.2, -0.15) is 0 Å². The van der Waals surface area contributed by atoms with Crippen molar-refractivity contribution in [1.82, 2.24) is 0 Å². The average Bonchev–Trinajstić information content (AvgIpc) is 1.25. The van der Waals surface area contributed by atoms with E-state index in [2.05, 4.69) is 23.7 Å². The average molecular weight is 136 g/mol. The van der Waals surface area contributed by atoms with Crippen LogP contribution in [0.25, 0.3) is 0 Å². The van der Waals surface area contributed by atoms with Gasteiger partial charge in [-0.15, -0.1) is 0 Å². The number of carbonyl (C=O) groups is 1. The molecule has 0 rings (SSSR count). The lowest BCUT2D eigenvalue weighted by molar-refractivity contribution is -0.134. The summed E-state index contributed by atoms with van der Waals surface area (Å²) in [7, 11) is 0. The molecule has 5 N–H and O–H groups in total. The Labute approximate surface area is 52.5 Å². The Morgan fingerprint density at radius 1 is 1.62 bits per heavy atom. The Balaban J connectivity index is 0. The summed E-state index contributed by atoms with van der Waals surface area (Å²) >= 11 is 4.09. The highest BCUT2D eigenvalue weighted by atomic mass is 32.1. The van der Waals surface area contributed by atoms with Crippen LogP contribution < -0.4 is 11.5 Å². The van der Waals surface area contributed by atoms with Crippen molar-refractivity contribution < 1.29 is 9.90 Å². The van der Waals surface area contributed by atoms with Crippen LogP contribution in [0.5, 0.6) is 0 Å². The van der Waals surface area contributed by atoms with Crippen molar-refractivity contribution in [3.05, 3.63) is 0 Å². The van der Waals surface area contributed by atoms with Crippen LogP contribution in [0, 0.1) is 0 Å². The van der Waals surface area contributed by atoms with Crippen molar-refractivity contribution in [2.45, 2.75) is 6.92 Å². The smallest absolute Gasteiger partial charge is 0.300 e. The van der Waals surface area contributed by atoms with Gasteiger partial charge in [0.25, 0.3) is 5.97 Å². The molecule has 0 aliphatic carbocycles. The zero-order valence-electron chi connectivity index (χ0n) is 4.42. The zero-order chi connectivity index (χ0) is 7.15. The van der Waals surface area contributed by atoms with Crippen molar-refractivity contribution in [2.24, 2.45) is 11.5 Å². The molecule has 0 fully saturated rings. The normalized spacial score (nSPS) is 6.12. The molecule has 0 atom stereocenters. The molecule has 0 saturated heterocycles. The quantitative estimate of drug-likeness (QED) is 0.382. The standard InChI is InChI=1S/C2H4O2.CH4N2S/c1-2(3)4;2-1(3)4/h1H3,(H,3,4);(H4,2,3,4). The van der Waals surface area contributed by atoms with Crippen LogP contribution in [0.4, 0.5) is 0 Å². The summed E-state index contributed by atoms with van der Waals surface area (Å²) in [6, 6.07) is 0. The third-order valence-corrected chi connectivity index (χ3v) is 0. The lowest BCUT2D eigenvalue weighted by Crippen LogP contribution is -2.18. The lowest BCUT2D eigenvalue weighted by Gasteiger charge is -1.68. The van der Waals surface area contributed by atoms with Gasteiger partial charge in [0.05, 0.1) is 0 Å². The first-order chi connectivity index (χ1) is 3.46. The number of carboxylic acids is 1. The second kappa shape index (κ2) is 6.16. The van der Waals surface area contributed by atoms with Crippen LogP contribution in [-0.4, -0.2) is 16.2 Å². The second-order valence-corrected chi connectivity index (χ2v) is 1.39. The molecule has 0 aliphatic heterocycles. The van der Waals surface area contributed by atoms with Crippen LogP contribution >= 0.6 is 12.2 Å². The number of rotatable bonds is 0. The van der Waals surface area contributed by atoms with Gasteiger partial charge in [-0.1, -0.05) is 0 Å². The molecule has 0 bridgehead atoms. The molecule has 0 saturated carbocycles. The largest absolute Gasteiger partial charge is 0.481 e. The molecule has 48 valence electrons. The first-order valence-corrected chi connectivity index (χ1v) is 2.12. The van der Waals surface area contributed by atoms with Crippen molar-refractivity contribution >= 4 is 23.3 Å². The molecular formula is C3H8N2O2S. The molecule has 0 unspecified atom stereocenters. The summed E-state index contributed by atoms with van der Waals surface area (Å²) in [5, 5.41) is 7.42. The number of nitrogens with two attached hydrogens (primary N) is 2. The predicted octanol–water partition coefficient (Wildman–Crippen LogP) is -0.720. The van der Waals surface area contributed by atoms with Crippen LogP contribution in [-0.2, 0) is 4.79 Å². The maximum absolute atomic E-state index is 9.00. The maximum atomic E-state index is 9.00. The molecular weight excluding hydrogens is 128 g/mol. The van der Waals surface area contributed by atoms with E-state index in [0.29, 0.717) is 0 Å². The summed E-state index contributed by atoms with van der Waals surface area (Å²) in [5.74, 6) is -0.833. The fraction of sp³-hybridized carbons (Fsp3) is 0.333. The van der Waals surface area contributed by atoms with E-state index in [1.54, 1.807) is 0 Å². The van der Waals surface area contributed by atoms with Gasteiger partial charge in [-0.05, 0) is 12.2 Å². The third-order valence-electron chi connectivity index (χ3n) is 0. The molecule has 0 aromatic heterocycles. The first kappa shape index (κ1) is 10.2. The van der Waals surface area contributed by atoms with E-state index in [9.17, 15) is 0 Å². The van der Waals surface area contributed by atoms with Gasteiger partial charge in [0.15, 0.2) is 5.11 Å². The van der Waals surface area contributed by atoms with Gasteiger partial charge in [0, 0.05) is 6.92 Å². The predicted molar refractivity (Wildman–Crippen MR) is 34.3 cm³/mol. The molecule has 0 aliphatic rings. The number of hydrogen-bond donors (Lipinski definition) is 3. The Kier molecular flexibility index (Phi) is 7.86. The summed E-state index contributed by atoms with van der Waals surface area (Å²) in [5.41, 5.74) is 9.24. The third kappa shape index (κ3) is 127. The number of carboxylic acid groups (broad SMARTS) is 1. The molecule has 4 nitrogen and oxygen atoms in total. The van der Waals surface area contributed by atoms with E-state index < -0.39 is 5.97 Å². The van der Waals surface area contributed by atoms with Gasteiger partial charge < -0.3 is 16.6 Å². The molecule has 8 heavy (non-hydrogen) atoms. The summed E-state index contributed by atoms with van der Waals surface area (Å²) in [4.78, 5) is 9.00. The van der Waals surface area contributed by atoms with Crippen molar-refractivity contribution in [2.75, 3.05) is 0 Å². The minimum absolute atomic E-state index is 0.000000000000000222. The van der Waals surface area contributed by atoms with Crippen LogP contribution in [0.2, 0.25) is 0 Å². The van der Waals surface area contributed by atoms with E-state index in [1.165, 1.54) is 0 Å². The molecule has 0 aromatic rings. The minimum Gasteiger partial charge on any atom is -0.481 e. The summed E-state index contributed by atoms with van der Waals surface area (Å²) in [6.07, 6.45) is 0. The number of aliphatic carboxylic acids is 1. The zero-order valence-corrected chi connectivity index (χ0v) is 5.23. The lowest BCUT2D eigenvalue weighted by atomic mass is 10.9. The SMILES string of the molecule is CC(=O)O.NC(N)=S. The fourth-order valence-corrected chi connectivity index (χ4v) is 0. The highest BCUT2D eigenvalue weighted by Gasteiger charge is 1.65. The molecule has 0 radical (unpaired) electrons. The van der Waals surface area contributed by atoms with Gasteiger partial charge in [-0.3, -0.25) is 4.79 Å². The van der Waals surface area contributed by atoms with Crippen molar-refractivity contribution in [1.29, 1.82) is 0 Å². The Hall–Kier alpha value is -0.840. The van der Waals surface area contributed by atoms with Crippen LogP contribution in [0.3, 0.4) is 0 Å². The summed E-state index contributed by atoms with van der Waals surface area (Å²) in [6.45, 7) is 1.08. The molecule has 0 spiro atoms. The van der Waals surface area contributed by atoms with E-state index in [1.807, 2.05) is 0 Å². The molecule has 5 heteroatoms. The van der Waals surface area contributed by atoms with Gasteiger partial charge in [-0.25, -0.2) is 0 Å². The molecule has 0 heterocycles. The van der Waals surface area contributed by atoms with E-state index in [0.717, 1.165) is 6.92 Å². The van der Waals surface area contributed by atoms with Crippen molar-refractivity contribution in [3.63, 3.8) is 0 Å². The molecule has 0 aromatic carbocycles.